The Morgan fingerprint density at radius 2 is 2.14 bits per heavy atom. The lowest BCUT2D eigenvalue weighted by atomic mass is 10.0. The van der Waals surface area contributed by atoms with Crippen LogP contribution in [0.25, 0.3) is 11.2 Å². The SMILES string of the molecule is Cc1cc2c(cc1Nc1ncc3[nH]c(=O)n(CC4CCOCC4)c3n1)CCO2. The fraction of sp³-hybridized carbons (Fsp3) is 0.450. The molecule has 0 aliphatic carbocycles. The predicted octanol–water partition coefficient (Wildman–Crippen LogP) is 2.53. The van der Waals surface area contributed by atoms with Gasteiger partial charge in [0.05, 0.1) is 12.8 Å². The maximum Gasteiger partial charge on any atom is 0.327 e. The van der Waals surface area contributed by atoms with Gasteiger partial charge in [-0.3, -0.25) is 4.57 Å². The van der Waals surface area contributed by atoms with Crippen LogP contribution >= 0.6 is 0 Å². The highest BCUT2D eigenvalue weighted by molar-refractivity contribution is 5.72. The van der Waals surface area contributed by atoms with Crippen molar-refractivity contribution in [3.63, 3.8) is 0 Å². The number of ether oxygens (including phenoxy) is 2. The highest BCUT2D eigenvalue weighted by Gasteiger charge is 2.19. The first-order valence-corrected chi connectivity index (χ1v) is 9.74. The van der Waals surface area contributed by atoms with Crippen molar-refractivity contribution in [2.75, 3.05) is 25.1 Å². The van der Waals surface area contributed by atoms with Crippen molar-refractivity contribution in [3.05, 3.63) is 39.9 Å². The van der Waals surface area contributed by atoms with Gasteiger partial charge in [-0.1, -0.05) is 0 Å². The molecule has 1 aromatic carbocycles. The molecule has 0 atom stereocenters. The molecule has 146 valence electrons. The summed E-state index contributed by atoms with van der Waals surface area (Å²) in [6, 6.07) is 4.14. The van der Waals surface area contributed by atoms with Crippen molar-refractivity contribution in [2.45, 2.75) is 32.7 Å². The Bertz CT molecular complexity index is 1080. The number of anilines is 2. The molecule has 28 heavy (non-hydrogen) atoms. The smallest absolute Gasteiger partial charge is 0.327 e. The number of nitrogens with one attached hydrogen (secondary N) is 2. The largest absolute Gasteiger partial charge is 0.493 e. The summed E-state index contributed by atoms with van der Waals surface area (Å²) in [5, 5.41) is 3.31. The van der Waals surface area contributed by atoms with Crippen LogP contribution in [-0.4, -0.2) is 39.3 Å². The number of imidazole rings is 1. The molecule has 0 unspecified atom stereocenters. The molecule has 3 aromatic rings. The average molecular weight is 381 g/mol. The monoisotopic (exact) mass is 381 g/mol. The second-order valence-electron chi connectivity index (χ2n) is 7.53. The molecule has 2 N–H and O–H groups in total. The zero-order valence-electron chi connectivity index (χ0n) is 15.8. The van der Waals surface area contributed by atoms with Gasteiger partial charge in [-0.05, 0) is 48.9 Å². The van der Waals surface area contributed by atoms with E-state index in [2.05, 4.69) is 26.3 Å². The summed E-state index contributed by atoms with van der Waals surface area (Å²) in [6.45, 7) is 4.91. The second kappa shape index (κ2) is 6.94. The minimum atomic E-state index is -0.140. The first kappa shape index (κ1) is 17.2. The summed E-state index contributed by atoms with van der Waals surface area (Å²) in [7, 11) is 0. The molecule has 8 nitrogen and oxygen atoms in total. The first-order chi connectivity index (χ1) is 13.7. The number of rotatable bonds is 4. The maximum atomic E-state index is 12.4. The Morgan fingerprint density at radius 3 is 3.00 bits per heavy atom. The third kappa shape index (κ3) is 3.13. The lowest BCUT2D eigenvalue weighted by Gasteiger charge is -2.22. The van der Waals surface area contributed by atoms with Crippen LogP contribution in [0.3, 0.4) is 0 Å². The van der Waals surface area contributed by atoms with E-state index in [1.54, 1.807) is 10.8 Å². The summed E-state index contributed by atoms with van der Waals surface area (Å²) in [5.74, 6) is 1.86. The van der Waals surface area contributed by atoms with Gasteiger partial charge in [0.2, 0.25) is 5.95 Å². The zero-order chi connectivity index (χ0) is 19.1. The van der Waals surface area contributed by atoms with E-state index in [0.717, 1.165) is 56.1 Å². The number of aromatic amines is 1. The van der Waals surface area contributed by atoms with Crippen LogP contribution in [0.1, 0.15) is 24.0 Å². The van der Waals surface area contributed by atoms with Crippen LogP contribution in [0.4, 0.5) is 11.6 Å². The molecule has 2 aliphatic heterocycles. The molecule has 1 fully saturated rings. The van der Waals surface area contributed by atoms with Crippen molar-refractivity contribution in [1.82, 2.24) is 19.5 Å². The summed E-state index contributed by atoms with van der Waals surface area (Å²) in [6.07, 6.45) is 4.50. The highest BCUT2D eigenvalue weighted by Crippen LogP contribution is 2.32. The molecule has 0 saturated carbocycles. The minimum absolute atomic E-state index is 0.140. The van der Waals surface area contributed by atoms with Crippen molar-refractivity contribution in [2.24, 2.45) is 5.92 Å². The number of aryl methyl sites for hydroxylation is 1. The lowest BCUT2D eigenvalue weighted by molar-refractivity contribution is 0.0613. The van der Waals surface area contributed by atoms with Crippen LogP contribution in [0.2, 0.25) is 0 Å². The quantitative estimate of drug-likeness (QED) is 0.721. The Balaban J connectivity index is 1.46. The predicted molar refractivity (Wildman–Crippen MR) is 105 cm³/mol. The van der Waals surface area contributed by atoms with E-state index in [0.29, 0.717) is 29.6 Å². The van der Waals surface area contributed by atoms with Crippen LogP contribution in [-0.2, 0) is 17.7 Å². The number of fused-ring (bicyclic) bond motifs is 2. The van der Waals surface area contributed by atoms with E-state index in [9.17, 15) is 4.79 Å². The molecule has 0 radical (unpaired) electrons. The van der Waals surface area contributed by atoms with Crippen molar-refractivity contribution in [1.29, 1.82) is 0 Å². The van der Waals surface area contributed by atoms with Crippen LogP contribution in [0, 0.1) is 12.8 Å². The van der Waals surface area contributed by atoms with Crippen molar-refractivity contribution in [3.8, 4) is 5.75 Å². The second-order valence-corrected chi connectivity index (χ2v) is 7.53. The molecule has 2 aromatic heterocycles. The first-order valence-electron chi connectivity index (χ1n) is 9.74. The van der Waals surface area contributed by atoms with Gasteiger partial charge < -0.3 is 19.8 Å². The van der Waals surface area contributed by atoms with E-state index >= 15 is 0 Å². The Kier molecular flexibility index (Phi) is 4.27. The average Bonchev–Trinajstić information content (AvgIpc) is 3.27. The number of aromatic nitrogens is 4. The van der Waals surface area contributed by atoms with Gasteiger partial charge in [0.25, 0.3) is 0 Å². The molecule has 5 rings (SSSR count). The fourth-order valence-corrected chi connectivity index (χ4v) is 3.94. The normalized spacial score (nSPS) is 16.9. The molecule has 8 heteroatoms. The van der Waals surface area contributed by atoms with Crippen molar-refractivity contribution >= 4 is 22.8 Å². The topological polar surface area (TPSA) is 94.1 Å². The fourth-order valence-electron chi connectivity index (χ4n) is 3.94. The van der Waals surface area contributed by atoms with E-state index in [-0.39, 0.29) is 5.69 Å². The number of hydrogen-bond donors (Lipinski definition) is 2. The molecule has 0 amide bonds. The van der Waals surface area contributed by atoms with Gasteiger partial charge in [-0.2, -0.15) is 4.98 Å². The van der Waals surface area contributed by atoms with E-state index in [4.69, 9.17) is 9.47 Å². The third-order valence-corrected chi connectivity index (χ3v) is 5.58. The summed E-state index contributed by atoms with van der Waals surface area (Å²) >= 11 is 0. The molecule has 0 spiro atoms. The molecule has 0 bridgehead atoms. The van der Waals surface area contributed by atoms with E-state index in [1.807, 2.05) is 13.0 Å². The van der Waals surface area contributed by atoms with Crippen molar-refractivity contribution < 1.29 is 9.47 Å². The van der Waals surface area contributed by atoms with Gasteiger partial charge in [-0.25, -0.2) is 9.78 Å². The molecule has 2 aliphatic rings. The van der Waals surface area contributed by atoms with Crippen LogP contribution in [0.15, 0.2) is 23.1 Å². The van der Waals surface area contributed by atoms with E-state index < -0.39 is 0 Å². The van der Waals surface area contributed by atoms with Gasteiger partial charge in [0, 0.05) is 31.9 Å². The molecular weight excluding hydrogens is 358 g/mol. The van der Waals surface area contributed by atoms with Crippen LogP contribution in [0.5, 0.6) is 5.75 Å². The molecular formula is C20H23N5O3. The number of nitrogens with zero attached hydrogens (tertiary/aromatic N) is 3. The Labute approximate surface area is 161 Å². The van der Waals surface area contributed by atoms with Gasteiger partial charge in [0.1, 0.15) is 11.3 Å². The maximum absolute atomic E-state index is 12.4. The Morgan fingerprint density at radius 1 is 1.29 bits per heavy atom. The Hall–Kier alpha value is -2.87. The van der Waals surface area contributed by atoms with Gasteiger partial charge in [-0.15, -0.1) is 0 Å². The minimum Gasteiger partial charge on any atom is -0.493 e. The summed E-state index contributed by atoms with van der Waals surface area (Å²) in [4.78, 5) is 24.3. The highest BCUT2D eigenvalue weighted by atomic mass is 16.5. The standard InChI is InChI=1S/C20H23N5O3/c1-12-8-17-14(4-7-28-17)9-15(12)22-19-21-10-16-18(24-19)25(20(26)23-16)11-13-2-5-27-6-3-13/h8-10,13H,2-7,11H2,1H3,(H,23,26)(H,21,22,24). The molecule has 4 heterocycles. The van der Waals surface area contributed by atoms with Gasteiger partial charge >= 0.3 is 5.69 Å². The zero-order valence-corrected chi connectivity index (χ0v) is 15.8. The van der Waals surface area contributed by atoms with E-state index in [1.165, 1.54) is 5.56 Å². The summed E-state index contributed by atoms with van der Waals surface area (Å²) in [5.41, 5.74) is 4.36. The van der Waals surface area contributed by atoms with Gasteiger partial charge in [0.15, 0.2) is 5.65 Å². The molecule has 1 saturated heterocycles. The summed E-state index contributed by atoms with van der Waals surface area (Å²) < 4.78 is 12.8. The number of hydrogen-bond acceptors (Lipinski definition) is 6. The third-order valence-electron chi connectivity index (χ3n) is 5.58. The van der Waals surface area contributed by atoms with Crippen LogP contribution < -0.4 is 15.7 Å². The number of H-pyrrole nitrogens is 1. The lowest BCUT2D eigenvalue weighted by Crippen LogP contribution is -2.26. The number of benzene rings is 1.